The quantitative estimate of drug-likeness (QED) is 0.865. The molecule has 0 bridgehead atoms. The maximum Gasteiger partial charge on any atom is 0.0541 e. The number of hydrogen-bond acceptors (Lipinski definition) is 2. The van der Waals surface area contributed by atoms with Gasteiger partial charge in [0.15, 0.2) is 0 Å². The lowest BCUT2D eigenvalue weighted by Gasteiger charge is -2.32. The van der Waals surface area contributed by atoms with E-state index in [0.717, 1.165) is 24.1 Å². The molecule has 94 valence electrons. The van der Waals surface area contributed by atoms with Crippen LogP contribution in [0, 0.1) is 18.8 Å². The Labute approximate surface area is 105 Å². The van der Waals surface area contributed by atoms with Crippen LogP contribution >= 0.6 is 0 Å². The molecule has 2 nitrogen and oxygen atoms in total. The summed E-state index contributed by atoms with van der Waals surface area (Å²) in [5.74, 6) is 1.73. The summed E-state index contributed by atoms with van der Waals surface area (Å²) in [6, 6.07) is 4.94. The molecule has 1 aliphatic carbocycles. The molecule has 2 rings (SSSR count). The molecule has 0 amide bonds. The largest absolute Gasteiger partial charge is 0.308 e. The summed E-state index contributed by atoms with van der Waals surface area (Å²) in [4.78, 5) is 4.44. The first-order valence-electron chi connectivity index (χ1n) is 6.78. The van der Waals surface area contributed by atoms with Crippen LogP contribution in [0.1, 0.15) is 44.4 Å². The lowest BCUT2D eigenvalue weighted by Crippen LogP contribution is -2.36. The Balaban J connectivity index is 1.83. The van der Waals surface area contributed by atoms with E-state index in [1.165, 1.54) is 24.8 Å². The molecule has 0 aliphatic heterocycles. The van der Waals surface area contributed by atoms with Crippen molar-refractivity contribution in [3.8, 4) is 0 Å². The van der Waals surface area contributed by atoms with Crippen molar-refractivity contribution < 1.29 is 0 Å². The Morgan fingerprint density at radius 3 is 2.47 bits per heavy atom. The summed E-state index contributed by atoms with van der Waals surface area (Å²) < 4.78 is 0. The highest BCUT2D eigenvalue weighted by molar-refractivity contribution is 5.12. The number of aromatic nitrogens is 1. The molecule has 1 heterocycles. The molecule has 2 heteroatoms. The highest BCUT2D eigenvalue weighted by Gasteiger charge is 2.23. The van der Waals surface area contributed by atoms with Crippen LogP contribution in [-0.4, -0.2) is 11.0 Å². The van der Waals surface area contributed by atoms with Crippen molar-refractivity contribution in [3.05, 3.63) is 29.6 Å². The van der Waals surface area contributed by atoms with Crippen LogP contribution in [0.4, 0.5) is 0 Å². The van der Waals surface area contributed by atoms with Crippen LogP contribution in [0.3, 0.4) is 0 Å². The second-order valence-electron chi connectivity index (χ2n) is 5.82. The topological polar surface area (TPSA) is 24.9 Å². The minimum atomic E-state index is 0.678. The SMILES string of the molecule is Cc1ccc(CNC2CC(C)CC(C)C2)nc1. The van der Waals surface area contributed by atoms with Crippen molar-refractivity contribution in [2.75, 3.05) is 0 Å². The molecular weight excluding hydrogens is 208 g/mol. The van der Waals surface area contributed by atoms with Crippen LogP contribution < -0.4 is 5.32 Å². The number of pyridine rings is 1. The van der Waals surface area contributed by atoms with Gasteiger partial charge in [0.2, 0.25) is 0 Å². The fraction of sp³-hybridized carbons (Fsp3) is 0.667. The Bertz CT molecular complexity index is 334. The maximum atomic E-state index is 4.44. The highest BCUT2D eigenvalue weighted by atomic mass is 14.9. The Morgan fingerprint density at radius 1 is 1.18 bits per heavy atom. The second kappa shape index (κ2) is 5.63. The molecule has 1 aromatic rings. The van der Waals surface area contributed by atoms with Crippen molar-refractivity contribution in [2.24, 2.45) is 11.8 Å². The Morgan fingerprint density at radius 2 is 1.88 bits per heavy atom. The molecular formula is C15H24N2. The number of nitrogens with zero attached hydrogens (tertiary/aromatic N) is 1. The first-order chi connectivity index (χ1) is 8.13. The first kappa shape index (κ1) is 12.6. The van der Waals surface area contributed by atoms with Crippen LogP contribution in [0.15, 0.2) is 18.3 Å². The van der Waals surface area contributed by atoms with Gasteiger partial charge in [-0.25, -0.2) is 0 Å². The van der Waals surface area contributed by atoms with Gasteiger partial charge in [-0.1, -0.05) is 19.9 Å². The van der Waals surface area contributed by atoms with Crippen LogP contribution in [0.5, 0.6) is 0 Å². The van der Waals surface area contributed by atoms with Crippen molar-refractivity contribution in [2.45, 2.75) is 52.6 Å². The maximum absolute atomic E-state index is 4.44. The smallest absolute Gasteiger partial charge is 0.0541 e. The second-order valence-corrected chi connectivity index (χ2v) is 5.82. The Hall–Kier alpha value is -0.890. The van der Waals surface area contributed by atoms with E-state index in [-0.39, 0.29) is 0 Å². The number of hydrogen-bond donors (Lipinski definition) is 1. The summed E-state index contributed by atoms with van der Waals surface area (Å²) in [5.41, 5.74) is 2.38. The average molecular weight is 232 g/mol. The van der Waals surface area contributed by atoms with E-state index in [1.807, 2.05) is 6.20 Å². The van der Waals surface area contributed by atoms with E-state index in [2.05, 4.69) is 43.2 Å². The molecule has 1 N–H and O–H groups in total. The lowest BCUT2D eigenvalue weighted by atomic mass is 9.80. The van der Waals surface area contributed by atoms with Gasteiger partial charge in [0, 0.05) is 18.8 Å². The molecule has 0 saturated heterocycles. The summed E-state index contributed by atoms with van der Waals surface area (Å²) in [5, 5.41) is 3.66. The minimum absolute atomic E-state index is 0.678. The van der Waals surface area contributed by atoms with E-state index in [1.54, 1.807) is 0 Å². The van der Waals surface area contributed by atoms with Gasteiger partial charge in [-0.2, -0.15) is 0 Å². The molecule has 17 heavy (non-hydrogen) atoms. The van der Waals surface area contributed by atoms with Crippen molar-refractivity contribution in [3.63, 3.8) is 0 Å². The molecule has 0 aromatic carbocycles. The monoisotopic (exact) mass is 232 g/mol. The van der Waals surface area contributed by atoms with Crippen molar-refractivity contribution in [1.82, 2.24) is 10.3 Å². The zero-order chi connectivity index (χ0) is 12.3. The average Bonchev–Trinajstić information content (AvgIpc) is 2.27. The van der Waals surface area contributed by atoms with E-state index in [4.69, 9.17) is 0 Å². The zero-order valence-corrected chi connectivity index (χ0v) is 11.2. The van der Waals surface area contributed by atoms with Crippen LogP contribution in [0.25, 0.3) is 0 Å². The van der Waals surface area contributed by atoms with E-state index < -0.39 is 0 Å². The van der Waals surface area contributed by atoms with Gasteiger partial charge in [0.05, 0.1) is 5.69 Å². The molecule has 1 aliphatic rings. The normalized spacial score (nSPS) is 29.2. The molecule has 2 atom stereocenters. The zero-order valence-electron chi connectivity index (χ0n) is 11.2. The number of aryl methyl sites for hydroxylation is 1. The first-order valence-corrected chi connectivity index (χ1v) is 6.78. The van der Waals surface area contributed by atoms with Gasteiger partial charge >= 0.3 is 0 Å². The summed E-state index contributed by atoms with van der Waals surface area (Å²) in [6.07, 6.45) is 5.97. The van der Waals surface area contributed by atoms with Crippen molar-refractivity contribution in [1.29, 1.82) is 0 Å². The van der Waals surface area contributed by atoms with Crippen LogP contribution in [-0.2, 0) is 6.54 Å². The van der Waals surface area contributed by atoms with Gasteiger partial charge in [0.25, 0.3) is 0 Å². The Kier molecular flexibility index (Phi) is 4.16. The highest BCUT2D eigenvalue weighted by Crippen LogP contribution is 2.28. The van der Waals surface area contributed by atoms with Gasteiger partial charge in [-0.3, -0.25) is 4.98 Å². The molecule has 0 spiro atoms. The van der Waals surface area contributed by atoms with Crippen LogP contribution in [0.2, 0.25) is 0 Å². The third kappa shape index (κ3) is 3.81. The fourth-order valence-corrected chi connectivity index (χ4v) is 2.97. The molecule has 1 saturated carbocycles. The van der Waals surface area contributed by atoms with Gasteiger partial charge < -0.3 is 5.32 Å². The predicted octanol–water partition coefficient (Wildman–Crippen LogP) is 3.30. The predicted molar refractivity (Wildman–Crippen MR) is 71.8 cm³/mol. The van der Waals surface area contributed by atoms with Gasteiger partial charge in [-0.15, -0.1) is 0 Å². The van der Waals surface area contributed by atoms with Gasteiger partial charge in [-0.05, 0) is 49.7 Å². The van der Waals surface area contributed by atoms with E-state index >= 15 is 0 Å². The van der Waals surface area contributed by atoms with E-state index in [9.17, 15) is 0 Å². The van der Waals surface area contributed by atoms with Gasteiger partial charge in [0.1, 0.15) is 0 Å². The number of rotatable bonds is 3. The van der Waals surface area contributed by atoms with Crippen molar-refractivity contribution >= 4 is 0 Å². The molecule has 1 aromatic heterocycles. The lowest BCUT2D eigenvalue weighted by molar-refractivity contribution is 0.237. The summed E-state index contributed by atoms with van der Waals surface area (Å²) >= 11 is 0. The minimum Gasteiger partial charge on any atom is -0.308 e. The molecule has 0 radical (unpaired) electrons. The third-order valence-corrected chi connectivity index (χ3v) is 3.72. The third-order valence-electron chi connectivity index (χ3n) is 3.72. The number of nitrogens with one attached hydrogen (secondary N) is 1. The standard InChI is InChI=1S/C15H24N2/c1-11-4-5-14(16-9-11)10-17-15-7-12(2)6-13(3)8-15/h4-5,9,12-13,15,17H,6-8,10H2,1-3H3. The van der Waals surface area contributed by atoms with E-state index in [0.29, 0.717) is 6.04 Å². The summed E-state index contributed by atoms with van der Waals surface area (Å²) in [6.45, 7) is 7.72. The summed E-state index contributed by atoms with van der Waals surface area (Å²) in [7, 11) is 0. The fourth-order valence-electron chi connectivity index (χ4n) is 2.97. The molecule has 2 unspecified atom stereocenters. The molecule has 1 fully saturated rings.